The van der Waals surface area contributed by atoms with E-state index in [-0.39, 0.29) is 5.92 Å². The third-order valence-electron chi connectivity index (χ3n) is 3.79. The highest BCUT2D eigenvalue weighted by Gasteiger charge is 2.26. The first-order valence-corrected chi connectivity index (χ1v) is 7.34. The molecule has 1 aromatic heterocycles. The van der Waals surface area contributed by atoms with Crippen molar-refractivity contribution < 1.29 is 9.90 Å². The Morgan fingerprint density at radius 1 is 1.27 bits per heavy atom. The zero-order valence-corrected chi connectivity index (χ0v) is 12.1. The molecule has 22 heavy (non-hydrogen) atoms. The maximum Gasteiger partial charge on any atom is 0.308 e. The zero-order valence-electron chi connectivity index (χ0n) is 12.1. The molecule has 6 heteroatoms. The van der Waals surface area contributed by atoms with Crippen molar-refractivity contribution in [1.29, 1.82) is 0 Å². The summed E-state index contributed by atoms with van der Waals surface area (Å²) < 4.78 is 0. The molecule has 0 amide bonds. The van der Waals surface area contributed by atoms with Crippen molar-refractivity contribution in [3.63, 3.8) is 0 Å². The fourth-order valence-electron chi connectivity index (χ4n) is 2.64. The van der Waals surface area contributed by atoms with Crippen molar-refractivity contribution in [3.8, 4) is 0 Å². The molecule has 2 heterocycles. The average Bonchev–Trinajstić information content (AvgIpc) is 2.56. The minimum atomic E-state index is -0.735. The Morgan fingerprint density at radius 3 is 2.86 bits per heavy atom. The van der Waals surface area contributed by atoms with Gasteiger partial charge in [-0.25, -0.2) is 9.97 Å². The van der Waals surface area contributed by atoms with E-state index in [0.29, 0.717) is 12.4 Å². The second kappa shape index (κ2) is 6.43. The van der Waals surface area contributed by atoms with Gasteiger partial charge in [0.25, 0.3) is 0 Å². The molecule has 0 bridgehead atoms. The van der Waals surface area contributed by atoms with E-state index in [2.05, 4.69) is 15.3 Å². The number of nitrogens with one attached hydrogen (secondary N) is 1. The summed E-state index contributed by atoms with van der Waals surface area (Å²) in [7, 11) is 0. The molecule has 1 aliphatic rings. The monoisotopic (exact) mass is 298 g/mol. The summed E-state index contributed by atoms with van der Waals surface area (Å²) in [6, 6.07) is 11.6. The number of hydrogen-bond donors (Lipinski definition) is 2. The number of piperidine rings is 1. The topological polar surface area (TPSA) is 78.4 Å². The Kier molecular flexibility index (Phi) is 4.18. The molecular weight excluding hydrogens is 280 g/mol. The van der Waals surface area contributed by atoms with Crippen LogP contribution in [0.4, 0.5) is 17.3 Å². The van der Waals surface area contributed by atoms with Gasteiger partial charge in [-0.15, -0.1) is 0 Å². The number of hydrogen-bond acceptors (Lipinski definition) is 5. The maximum absolute atomic E-state index is 11.2. The van der Waals surface area contributed by atoms with Crippen LogP contribution in [0.2, 0.25) is 0 Å². The molecular formula is C16H18N4O2. The molecule has 2 N–H and O–H groups in total. The summed E-state index contributed by atoms with van der Waals surface area (Å²) in [6.07, 6.45) is 3.10. The number of anilines is 3. The third-order valence-corrected chi connectivity index (χ3v) is 3.79. The van der Waals surface area contributed by atoms with E-state index in [0.717, 1.165) is 30.9 Å². The highest BCUT2D eigenvalue weighted by atomic mass is 16.4. The standard InChI is InChI=1S/C16H18N4O2/c21-16(22)12-5-4-8-20(10-12)15-9-14(17-11-18-15)19-13-6-2-1-3-7-13/h1-3,6-7,9,11-12H,4-5,8,10H2,(H,21,22)(H,17,18,19). The summed E-state index contributed by atoms with van der Waals surface area (Å²) in [5.41, 5.74) is 0.953. The van der Waals surface area contributed by atoms with Crippen molar-refractivity contribution >= 4 is 23.3 Å². The van der Waals surface area contributed by atoms with Crippen molar-refractivity contribution in [2.75, 3.05) is 23.3 Å². The van der Waals surface area contributed by atoms with Crippen LogP contribution in [0.5, 0.6) is 0 Å². The lowest BCUT2D eigenvalue weighted by atomic mass is 9.98. The van der Waals surface area contributed by atoms with E-state index < -0.39 is 5.97 Å². The lowest BCUT2D eigenvalue weighted by molar-refractivity contribution is -0.141. The molecule has 0 radical (unpaired) electrons. The maximum atomic E-state index is 11.2. The molecule has 1 unspecified atom stereocenters. The van der Waals surface area contributed by atoms with E-state index in [1.807, 2.05) is 41.3 Å². The Labute approximate surface area is 128 Å². The minimum absolute atomic E-state index is 0.325. The van der Waals surface area contributed by atoms with Gasteiger partial charge in [0.1, 0.15) is 18.0 Å². The lowest BCUT2D eigenvalue weighted by Gasteiger charge is -2.31. The van der Waals surface area contributed by atoms with E-state index >= 15 is 0 Å². The van der Waals surface area contributed by atoms with Gasteiger partial charge in [-0.1, -0.05) is 18.2 Å². The number of carbonyl (C=O) groups is 1. The van der Waals surface area contributed by atoms with Crippen LogP contribution in [-0.4, -0.2) is 34.1 Å². The van der Waals surface area contributed by atoms with Gasteiger partial charge in [0.15, 0.2) is 0 Å². The first-order chi connectivity index (χ1) is 10.7. The van der Waals surface area contributed by atoms with Crippen LogP contribution in [0.15, 0.2) is 42.7 Å². The number of benzene rings is 1. The summed E-state index contributed by atoms with van der Waals surface area (Å²) in [4.78, 5) is 21.7. The number of nitrogens with zero attached hydrogens (tertiary/aromatic N) is 3. The number of aliphatic carboxylic acids is 1. The van der Waals surface area contributed by atoms with Gasteiger partial charge in [0.2, 0.25) is 0 Å². The molecule has 1 fully saturated rings. The van der Waals surface area contributed by atoms with Gasteiger partial charge in [-0.2, -0.15) is 0 Å². The van der Waals surface area contributed by atoms with Crippen LogP contribution in [0.3, 0.4) is 0 Å². The number of aromatic nitrogens is 2. The second-order valence-electron chi connectivity index (χ2n) is 5.38. The fraction of sp³-hybridized carbons (Fsp3) is 0.312. The molecule has 1 aliphatic heterocycles. The Morgan fingerprint density at radius 2 is 2.09 bits per heavy atom. The summed E-state index contributed by atoms with van der Waals surface area (Å²) in [6.45, 7) is 1.32. The minimum Gasteiger partial charge on any atom is -0.481 e. The first-order valence-electron chi connectivity index (χ1n) is 7.34. The van der Waals surface area contributed by atoms with Crippen LogP contribution in [-0.2, 0) is 4.79 Å². The average molecular weight is 298 g/mol. The molecule has 0 aliphatic carbocycles. The quantitative estimate of drug-likeness (QED) is 0.903. The smallest absolute Gasteiger partial charge is 0.308 e. The lowest BCUT2D eigenvalue weighted by Crippen LogP contribution is -2.39. The van der Waals surface area contributed by atoms with Gasteiger partial charge in [0, 0.05) is 24.8 Å². The molecule has 1 aromatic carbocycles. The molecule has 114 valence electrons. The van der Waals surface area contributed by atoms with Crippen LogP contribution >= 0.6 is 0 Å². The summed E-state index contributed by atoms with van der Waals surface area (Å²) in [5.74, 6) is 0.406. The molecule has 3 rings (SSSR count). The summed E-state index contributed by atoms with van der Waals surface area (Å²) in [5, 5.41) is 12.4. The predicted octanol–water partition coefficient (Wildman–Crippen LogP) is 2.52. The van der Waals surface area contributed by atoms with Gasteiger partial charge in [-0.3, -0.25) is 4.79 Å². The molecule has 6 nitrogen and oxygen atoms in total. The summed E-state index contributed by atoms with van der Waals surface area (Å²) >= 11 is 0. The molecule has 1 saturated heterocycles. The largest absolute Gasteiger partial charge is 0.481 e. The number of carboxylic acids is 1. The highest BCUT2D eigenvalue weighted by molar-refractivity contribution is 5.71. The Hall–Kier alpha value is -2.63. The van der Waals surface area contributed by atoms with Gasteiger partial charge < -0.3 is 15.3 Å². The fourth-order valence-corrected chi connectivity index (χ4v) is 2.64. The van der Waals surface area contributed by atoms with Gasteiger partial charge >= 0.3 is 5.97 Å². The van der Waals surface area contributed by atoms with E-state index in [1.165, 1.54) is 6.33 Å². The number of rotatable bonds is 4. The van der Waals surface area contributed by atoms with E-state index in [9.17, 15) is 9.90 Å². The van der Waals surface area contributed by atoms with Crippen LogP contribution in [0.1, 0.15) is 12.8 Å². The Balaban J connectivity index is 1.75. The molecule has 1 atom stereocenters. The van der Waals surface area contributed by atoms with E-state index in [1.54, 1.807) is 0 Å². The molecule has 0 saturated carbocycles. The predicted molar refractivity (Wildman–Crippen MR) is 84.3 cm³/mol. The highest BCUT2D eigenvalue weighted by Crippen LogP contribution is 2.24. The van der Waals surface area contributed by atoms with Crippen LogP contribution < -0.4 is 10.2 Å². The molecule has 0 spiro atoms. The zero-order chi connectivity index (χ0) is 15.4. The van der Waals surface area contributed by atoms with Crippen LogP contribution in [0, 0.1) is 5.92 Å². The van der Waals surface area contributed by atoms with Crippen LogP contribution in [0.25, 0.3) is 0 Å². The van der Waals surface area contributed by atoms with E-state index in [4.69, 9.17) is 0 Å². The molecule has 2 aromatic rings. The first kappa shape index (κ1) is 14.3. The SMILES string of the molecule is O=C(O)C1CCCN(c2cc(Nc3ccccc3)ncn2)C1. The van der Waals surface area contributed by atoms with Gasteiger partial charge in [-0.05, 0) is 25.0 Å². The van der Waals surface area contributed by atoms with Crippen molar-refractivity contribution in [1.82, 2.24) is 9.97 Å². The third kappa shape index (κ3) is 3.33. The van der Waals surface area contributed by atoms with Crippen molar-refractivity contribution in [2.24, 2.45) is 5.92 Å². The normalized spacial score (nSPS) is 18.0. The van der Waals surface area contributed by atoms with Crippen molar-refractivity contribution in [3.05, 3.63) is 42.7 Å². The number of carboxylic acid groups (broad SMARTS) is 1. The Bertz CT molecular complexity index is 648. The number of para-hydroxylation sites is 1. The van der Waals surface area contributed by atoms with Crippen molar-refractivity contribution in [2.45, 2.75) is 12.8 Å². The van der Waals surface area contributed by atoms with Gasteiger partial charge in [0.05, 0.1) is 5.92 Å². The second-order valence-corrected chi connectivity index (χ2v) is 5.38.